The van der Waals surface area contributed by atoms with Gasteiger partial charge >= 0.3 is 6.18 Å². The maximum atomic E-state index is 12.2. The summed E-state index contributed by atoms with van der Waals surface area (Å²) in [4.78, 5) is 0. The maximum Gasteiger partial charge on any atom is 0.389 e. The zero-order valence-corrected chi connectivity index (χ0v) is 12.0. The highest BCUT2D eigenvalue weighted by Crippen LogP contribution is 2.27. The molecular weight excluding hydrogens is 291 g/mol. The molecule has 2 N–H and O–H groups in total. The molecule has 5 heteroatoms. The van der Waals surface area contributed by atoms with Crippen molar-refractivity contribution < 1.29 is 17.9 Å². The Morgan fingerprint density at radius 2 is 1.73 bits per heavy atom. The highest BCUT2D eigenvalue weighted by Gasteiger charge is 2.27. The molecule has 118 valence electrons. The van der Waals surface area contributed by atoms with Crippen molar-refractivity contribution in [3.63, 3.8) is 0 Å². The molecule has 0 amide bonds. The first-order chi connectivity index (χ1) is 10.4. The molecule has 2 aromatic carbocycles. The predicted octanol–water partition coefficient (Wildman–Crippen LogP) is 4.61. The number of halogens is 3. The molecule has 0 heterocycles. The summed E-state index contributed by atoms with van der Waals surface area (Å²) in [6, 6.07) is 15.9. The molecule has 0 saturated carbocycles. The van der Waals surface area contributed by atoms with E-state index in [1.807, 2.05) is 30.3 Å². The minimum atomic E-state index is -4.18. The third-order valence-corrected chi connectivity index (χ3v) is 3.27. The number of benzene rings is 2. The molecular formula is C17H18F3NO. The van der Waals surface area contributed by atoms with Crippen LogP contribution < -0.4 is 10.5 Å². The highest BCUT2D eigenvalue weighted by atomic mass is 19.4. The first-order valence-electron chi connectivity index (χ1n) is 7.03. The Bertz CT molecular complexity index is 584. The minimum Gasteiger partial charge on any atom is -0.489 e. The van der Waals surface area contributed by atoms with Gasteiger partial charge in [0, 0.05) is 12.5 Å². The number of ether oxygens (including phenoxy) is 1. The van der Waals surface area contributed by atoms with Crippen molar-refractivity contribution in [1.82, 2.24) is 0 Å². The second kappa shape index (κ2) is 7.31. The molecule has 0 radical (unpaired) electrons. The van der Waals surface area contributed by atoms with E-state index in [9.17, 15) is 13.2 Å². The van der Waals surface area contributed by atoms with Gasteiger partial charge in [-0.05, 0) is 29.7 Å². The SMILES string of the molecule is N[C@H](CCC(F)(F)F)c1cccc(OCc2ccccc2)c1. The first kappa shape index (κ1) is 16.4. The Labute approximate surface area is 127 Å². The van der Waals surface area contributed by atoms with E-state index in [1.165, 1.54) is 0 Å². The number of alkyl halides is 3. The van der Waals surface area contributed by atoms with Gasteiger partial charge in [0.25, 0.3) is 0 Å². The van der Waals surface area contributed by atoms with Crippen LogP contribution in [0.4, 0.5) is 13.2 Å². The molecule has 0 fully saturated rings. The first-order valence-corrected chi connectivity index (χ1v) is 7.03. The second-order valence-corrected chi connectivity index (χ2v) is 5.11. The molecule has 0 aromatic heterocycles. The van der Waals surface area contributed by atoms with E-state index in [-0.39, 0.29) is 6.42 Å². The Morgan fingerprint density at radius 3 is 2.41 bits per heavy atom. The fraction of sp³-hybridized carbons (Fsp3) is 0.294. The molecule has 2 aromatic rings. The normalized spacial score (nSPS) is 12.9. The fourth-order valence-corrected chi connectivity index (χ4v) is 2.06. The van der Waals surface area contributed by atoms with Crippen LogP contribution in [0.5, 0.6) is 5.75 Å². The van der Waals surface area contributed by atoms with Crippen molar-refractivity contribution in [2.75, 3.05) is 0 Å². The van der Waals surface area contributed by atoms with Crippen LogP contribution in [0.25, 0.3) is 0 Å². The van der Waals surface area contributed by atoms with E-state index in [2.05, 4.69) is 0 Å². The summed E-state index contributed by atoms with van der Waals surface area (Å²) in [7, 11) is 0. The maximum absolute atomic E-state index is 12.2. The molecule has 0 unspecified atom stereocenters. The van der Waals surface area contributed by atoms with Gasteiger partial charge in [0.05, 0.1) is 0 Å². The second-order valence-electron chi connectivity index (χ2n) is 5.11. The van der Waals surface area contributed by atoms with Crippen molar-refractivity contribution >= 4 is 0 Å². The van der Waals surface area contributed by atoms with Crippen LogP contribution in [0.2, 0.25) is 0 Å². The Kier molecular flexibility index (Phi) is 5.44. The molecule has 2 nitrogen and oxygen atoms in total. The Morgan fingerprint density at radius 1 is 1.00 bits per heavy atom. The predicted molar refractivity (Wildman–Crippen MR) is 79.4 cm³/mol. The molecule has 22 heavy (non-hydrogen) atoms. The molecule has 1 atom stereocenters. The van der Waals surface area contributed by atoms with Crippen LogP contribution in [0.1, 0.15) is 30.0 Å². The van der Waals surface area contributed by atoms with Gasteiger partial charge in [-0.1, -0.05) is 42.5 Å². The summed E-state index contributed by atoms with van der Waals surface area (Å²) in [6.07, 6.45) is -5.20. The standard InChI is InChI=1S/C17H18F3NO/c18-17(19,20)10-9-16(21)14-7-4-8-15(11-14)22-12-13-5-2-1-3-6-13/h1-8,11,16H,9-10,12,21H2/t16-/m1/s1. The monoisotopic (exact) mass is 309 g/mol. The van der Waals surface area contributed by atoms with E-state index in [1.54, 1.807) is 24.3 Å². The molecule has 0 bridgehead atoms. The van der Waals surface area contributed by atoms with Gasteiger partial charge in [-0.3, -0.25) is 0 Å². The summed E-state index contributed by atoms with van der Waals surface area (Å²) >= 11 is 0. The topological polar surface area (TPSA) is 35.2 Å². The molecule has 0 aliphatic heterocycles. The van der Waals surface area contributed by atoms with Crippen LogP contribution in [-0.2, 0) is 6.61 Å². The van der Waals surface area contributed by atoms with Gasteiger partial charge < -0.3 is 10.5 Å². The molecule has 0 spiro atoms. The van der Waals surface area contributed by atoms with Gasteiger partial charge in [-0.15, -0.1) is 0 Å². The molecule has 0 aliphatic rings. The number of rotatable bonds is 6. The smallest absolute Gasteiger partial charge is 0.389 e. The van der Waals surface area contributed by atoms with Gasteiger partial charge in [-0.25, -0.2) is 0 Å². The van der Waals surface area contributed by atoms with Crippen LogP contribution in [-0.4, -0.2) is 6.18 Å². The van der Waals surface area contributed by atoms with Crippen LogP contribution in [0.3, 0.4) is 0 Å². The van der Waals surface area contributed by atoms with Gasteiger partial charge in [0.1, 0.15) is 12.4 Å². The lowest BCUT2D eigenvalue weighted by molar-refractivity contribution is -0.136. The quantitative estimate of drug-likeness (QED) is 0.846. The lowest BCUT2D eigenvalue weighted by atomic mass is 10.0. The third-order valence-electron chi connectivity index (χ3n) is 3.27. The highest BCUT2D eigenvalue weighted by molar-refractivity contribution is 5.30. The van der Waals surface area contributed by atoms with Crippen molar-refractivity contribution in [2.24, 2.45) is 5.73 Å². The van der Waals surface area contributed by atoms with Gasteiger partial charge in [-0.2, -0.15) is 13.2 Å². The van der Waals surface area contributed by atoms with E-state index in [0.29, 0.717) is 17.9 Å². The summed E-state index contributed by atoms with van der Waals surface area (Å²) in [6.45, 7) is 0.405. The average Bonchev–Trinajstić information content (AvgIpc) is 2.51. The van der Waals surface area contributed by atoms with Gasteiger partial charge in [0.15, 0.2) is 0 Å². The number of hydrogen-bond acceptors (Lipinski definition) is 2. The van der Waals surface area contributed by atoms with E-state index in [4.69, 9.17) is 10.5 Å². The molecule has 2 rings (SSSR count). The summed E-state index contributed by atoms with van der Waals surface area (Å²) in [5.74, 6) is 0.601. The summed E-state index contributed by atoms with van der Waals surface area (Å²) in [5, 5.41) is 0. The van der Waals surface area contributed by atoms with E-state index < -0.39 is 18.6 Å². The van der Waals surface area contributed by atoms with Crippen LogP contribution in [0, 0.1) is 0 Å². The van der Waals surface area contributed by atoms with Crippen molar-refractivity contribution in [2.45, 2.75) is 31.7 Å². The lowest BCUT2D eigenvalue weighted by Gasteiger charge is -2.15. The lowest BCUT2D eigenvalue weighted by Crippen LogP contribution is -2.15. The van der Waals surface area contributed by atoms with Crippen molar-refractivity contribution in [1.29, 1.82) is 0 Å². The fourth-order valence-electron chi connectivity index (χ4n) is 2.06. The third kappa shape index (κ3) is 5.41. The number of nitrogens with two attached hydrogens (primary N) is 1. The summed E-state index contributed by atoms with van der Waals surface area (Å²) in [5.41, 5.74) is 7.49. The minimum absolute atomic E-state index is 0.133. The Balaban J connectivity index is 1.94. The zero-order valence-electron chi connectivity index (χ0n) is 12.0. The zero-order chi connectivity index (χ0) is 16.0. The van der Waals surface area contributed by atoms with E-state index >= 15 is 0 Å². The Hall–Kier alpha value is -2.01. The number of hydrogen-bond donors (Lipinski definition) is 1. The van der Waals surface area contributed by atoms with Crippen molar-refractivity contribution in [3.8, 4) is 5.75 Å². The van der Waals surface area contributed by atoms with E-state index in [0.717, 1.165) is 5.56 Å². The summed E-state index contributed by atoms with van der Waals surface area (Å²) < 4.78 is 42.4. The average molecular weight is 309 g/mol. The van der Waals surface area contributed by atoms with Crippen LogP contribution in [0.15, 0.2) is 54.6 Å². The van der Waals surface area contributed by atoms with Gasteiger partial charge in [0.2, 0.25) is 0 Å². The molecule has 0 saturated heterocycles. The molecule has 0 aliphatic carbocycles. The largest absolute Gasteiger partial charge is 0.489 e. The van der Waals surface area contributed by atoms with Crippen molar-refractivity contribution in [3.05, 3.63) is 65.7 Å². The van der Waals surface area contributed by atoms with Crippen LogP contribution >= 0.6 is 0 Å².